The zero-order valence-corrected chi connectivity index (χ0v) is 7.70. The Labute approximate surface area is 74.8 Å². The highest BCUT2D eigenvalue weighted by molar-refractivity contribution is 6.12. The van der Waals surface area contributed by atoms with Gasteiger partial charge in [0.05, 0.1) is 20.1 Å². The molecule has 0 heterocycles. The normalized spacial score (nSPS) is 49.2. The minimum atomic E-state index is -0.946. The van der Waals surface area contributed by atoms with Crippen molar-refractivity contribution in [1.82, 2.24) is 0 Å². The van der Waals surface area contributed by atoms with Crippen LogP contribution in [0.5, 0.6) is 0 Å². The molecule has 2 radical (unpaired) electrons. The zero-order valence-electron chi connectivity index (χ0n) is 7.70. The molecule has 3 heteroatoms. The maximum Gasteiger partial charge on any atom is 0.0981 e. The molecule has 1 rings (SSSR count). The number of aliphatic hydroxyl groups excluding tert-OH is 1. The lowest BCUT2D eigenvalue weighted by atomic mass is 9.62. The van der Waals surface area contributed by atoms with Crippen molar-refractivity contribution in [3.05, 3.63) is 0 Å². The first-order chi connectivity index (χ1) is 5.57. The van der Waals surface area contributed by atoms with Gasteiger partial charge >= 0.3 is 0 Å². The molecule has 1 N–H and O–H groups in total. The summed E-state index contributed by atoms with van der Waals surface area (Å²) in [5, 5.41) is 9.58. The average Bonchev–Trinajstić information content (AvgIpc) is 2.01. The summed E-state index contributed by atoms with van der Waals surface area (Å²) in [6.07, 6.45) is -0.0478. The van der Waals surface area contributed by atoms with Gasteiger partial charge in [0, 0.05) is 0 Å². The first-order valence-electron chi connectivity index (χ1n) is 4.65. The molecule has 0 aromatic rings. The molecule has 0 spiro atoms. The van der Waals surface area contributed by atoms with E-state index in [1.54, 1.807) is 6.92 Å². The van der Waals surface area contributed by atoms with Crippen molar-refractivity contribution in [2.75, 3.05) is 0 Å². The second kappa shape index (κ2) is 3.78. The number of halogens is 1. The van der Waals surface area contributed by atoms with Gasteiger partial charge in [-0.3, -0.25) is 0 Å². The highest BCUT2D eigenvalue weighted by Gasteiger charge is 2.38. The summed E-state index contributed by atoms with van der Waals surface area (Å²) < 4.78 is 13.3. The van der Waals surface area contributed by atoms with E-state index in [-0.39, 0.29) is 11.8 Å². The average molecular weight is 170 g/mol. The van der Waals surface area contributed by atoms with Crippen LogP contribution in [0.15, 0.2) is 0 Å². The van der Waals surface area contributed by atoms with Crippen molar-refractivity contribution in [1.29, 1.82) is 0 Å². The summed E-state index contributed by atoms with van der Waals surface area (Å²) in [7, 11) is 5.68. The monoisotopic (exact) mass is 170 g/mol. The Kier molecular flexibility index (Phi) is 3.16. The number of aliphatic hydroxyl groups is 1. The van der Waals surface area contributed by atoms with E-state index in [1.807, 2.05) is 6.92 Å². The van der Waals surface area contributed by atoms with Crippen LogP contribution in [0.1, 0.15) is 26.7 Å². The Bertz CT molecular complexity index is 153. The van der Waals surface area contributed by atoms with E-state index in [1.165, 1.54) is 0 Å². The summed E-state index contributed by atoms with van der Waals surface area (Å²) in [5.41, 5.74) is 0. The minimum absolute atomic E-state index is 0.0591. The van der Waals surface area contributed by atoms with Crippen LogP contribution in [0.4, 0.5) is 4.39 Å². The van der Waals surface area contributed by atoms with Crippen molar-refractivity contribution in [3.8, 4) is 0 Å². The van der Waals surface area contributed by atoms with E-state index in [0.29, 0.717) is 6.42 Å². The second-order valence-electron chi connectivity index (χ2n) is 3.87. The molecule has 1 nitrogen and oxygen atoms in total. The van der Waals surface area contributed by atoms with Crippen molar-refractivity contribution in [2.45, 2.75) is 44.8 Å². The van der Waals surface area contributed by atoms with E-state index in [0.717, 1.165) is 6.42 Å². The van der Waals surface area contributed by atoms with Crippen molar-refractivity contribution < 1.29 is 9.50 Å². The molecule has 0 bridgehead atoms. The third-order valence-corrected chi connectivity index (χ3v) is 2.98. The predicted molar refractivity (Wildman–Crippen MR) is 48.0 cm³/mol. The van der Waals surface area contributed by atoms with Crippen LogP contribution in [0, 0.1) is 11.8 Å². The molecule has 12 heavy (non-hydrogen) atoms. The highest BCUT2D eigenvalue weighted by Crippen LogP contribution is 2.39. The Balaban J connectivity index is 2.65. The molecule has 68 valence electrons. The van der Waals surface area contributed by atoms with Crippen LogP contribution in [0.3, 0.4) is 0 Å². The summed E-state index contributed by atoms with van der Waals surface area (Å²) in [6.45, 7) is 3.75. The van der Waals surface area contributed by atoms with Crippen molar-refractivity contribution in [3.63, 3.8) is 0 Å². The molecular weight excluding hydrogens is 154 g/mol. The maximum atomic E-state index is 13.3. The fourth-order valence-corrected chi connectivity index (χ4v) is 2.10. The lowest BCUT2D eigenvalue weighted by molar-refractivity contribution is 0.00694. The van der Waals surface area contributed by atoms with Crippen LogP contribution >= 0.6 is 0 Å². The fourth-order valence-electron chi connectivity index (χ4n) is 2.10. The van der Waals surface area contributed by atoms with Crippen LogP contribution in [0.25, 0.3) is 0 Å². The Morgan fingerprint density at radius 1 is 1.58 bits per heavy atom. The third kappa shape index (κ3) is 1.66. The van der Waals surface area contributed by atoms with E-state index in [9.17, 15) is 9.50 Å². The van der Waals surface area contributed by atoms with Gasteiger partial charge in [0.2, 0.25) is 0 Å². The van der Waals surface area contributed by atoms with Gasteiger partial charge in [-0.25, -0.2) is 4.39 Å². The van der Waals surface area contributed by atoms with Crippen molar-refractivity contribution in [2.24, 2.45) is 11.8 Å². The predicted octanol–water partition coefficient (Wildman–Crippen LogP) is 1.71. The molecule has 1 aliphatic carbocycles. The molecule has 0 amide bonds. The topological polar surface area (TPSA) is 20.2 Å². The number of hydrogen-bond acceptors (Lipinski definition) is 1. The van der Waals surface area contributed by atoms with Crippen LogP contribution < -0.4 is 0 Å². The number of rotatable bonds is 1. The molecule has 0 aromatic carbocycles. The standard InChI is InChI=1S/C9H16BFO/c1-3-6-7(12)4-5(2)9(11)8(6)10/h5-9,12H,3-4H2,1-2H3/t5?,6?,7-,8?,9?/m1/s1. The number of alkyl halides is 1. The summed E-state index contributed by atoms with van der Waals surface area (Å²) in [6, 6.07) is 0. The molecular formula is C9H16BFO. The third-order valence-electron chi connectivity index (χ3n) is 2.98. The van der Waals surface area contributed by atoms with Crippen LogP contribution in [-0.4, -0.2) is 25.2 Å². The lowest BCUT2D eigenvalue weighted by Crippen LogP contribution is -2.40. The van der Waals surface area contributed by atoms with Crippen LogP contribution in [0.2, 0.25) is 5.82 Å². The molecule has 1 saturated carbocycles. The van der Waals surface area contributed by atoms with Gasteiger partial charge in [0.15, 0.2) is 0 Å². The lowest BCUT2D eigenvalue weighted by Gasteiger charge is -2.39. The summed E-state index contributed by atoms with van der Waals surface area (Å²) >= 11 is 0. The van der Waals surface area contributed by atoms with E-state index >= 15 is 0 Å². The summed E-state index contributed by atoms with van der Waals surface area (Å²) in [5.74, 6) is -0.636. The highest BCUT2D eigenvalue weighted by atomic mass is 19.1. The smallest absolute Gasteiger partial charge is 0.0981 e. The summed E-state index contributed by atoms with van der Waals surface area (Å²) in [4.78, 5) is 0. The molecule has 1 fully saturated rings. The zero-order chi connectivity index (χ0) is 9.30. The van der Waals surface area contributed by atoms with Crippen LogP contribution in [-0.2, 0) is 0 Å². The molecule has 0 saturated heterocycles. The minimum Gasteiger partial charge on any atom is -0.393 e. The maximum absolute atomic E-state index is 13.3. The molecule has 5 atom stereocenters. The Morgan fingerprint density at radius 3 is 2.67 bits per heavy atom. The first kappa shape index (κ1) is 10.0. The molecule has 1 aliphatic rings. The van der Waals surface area contributed by atoms with Gasteiger partial charge in [-0.05, 0) is 24.1 Å². The van der Waals surface area contributed by atoms with Gasteiger partial charge in [-0.2, -0.15) is 0 Å². The van der Waals surface area contributed by atoms with Gasteiger partial charge in [-0.1, -0.05) is 20.3 Å². The van der Waals surface area contributed by atoms with E-state index < -0.39 is 18.1 Å². The first-order valence-corrected chi connectivity index (χ1v) is 4.65. The SMILES string of the molecule is [B]C1C(F)C(C)C[C@@H](O)C1CC. The quantitative estimate of drug-likeness (QED) is 0.594. The molecule has 0 aliphatic heterocycles. The van der Waals surface area contributed by atoms with Gasteiger partial charge in [0.25, 0.3) is 0 Å². The Morgan fingerprint density at radius 2 is 2.17 bits per heavy atom. The largest absolute Gasteiger partial charge is 0.393 e. The molecule has 0 aromatic heterocycles. The van der Waals surface area contributed by atoms with Gasteiger partial charge in [-0.15, -0.1) is 0 Å². The van der Waals surface area contributed by atoms with E-state index in [4.69, 9.17) is 7.85 Å². The van der Waals surface area contributed by atoms with Gasteiger partial charge in [0.1, 0.15) is 0 Å². The van der Waals surface area contributed by atoms with Crippen molar-refractivity contribution >= 4 is 7.85 Å². The second-order valence-corrected chi connectivity index (χ2v) is 3.87. The van der Waals surface area contributed by atoms with Gasteiger partial charge < -0.3 is 5.11 Å². The fraction of sp³-hybridized carbons (Fsp3) is 1.00. The molecule has 4 unspecified atom stereocenters. The Hall–Kier alpha value is -0.0451. The number of hydrogen-bond donors (Lipinski definition) is 1. The van der Waals surface area contributed by atoms with E-state index in [2.05, 4.69) is 0 Å².